The predicted molar refractivity (Wildman–Crippen MR) is 96.4 cm³/mol. The fourth-order valence-corrected chi connectivity index (χ4v) is 7.64. The molecular formula is C20H29N5O. The third-order valence-corrected chi connectivity index (χ3v) is 8.12. The largest absolute Gasteiger partial charge is 0.333 e. The average Bonchev–Trinajstić information content (AvgIpc) is 3.20. The highest BCUT2D eigenvalue weighted by molar-refractivity contribution is 5.76. The molecule has 2 atom stereocenters. The van der Waals surface area contributed by atoms with Crippen LogP contribution in [-0.4, -0.2) is 43.5 Å². The summed E-state index contributed by atoms with van der Waals surface area (Å²) in [4.78, 5) is 17.4. The molecule has 2 saturated heterocycles. The smallest absolute Gasteiger partial charge is 0.318 e. The van der Waals surface area contributed by atoms with E-state index in [1.807, 2.05) is 4.80 Å². The lowest BCUT2D eigenvalue weighted by atomic mass is 9.53. The SMILES string of the molecule is O=C(NC12CC3CC(CC(C3)C1)C2)N1C2CCC1CC(n1nccn1)C2. The minimum atomic E-state index is 0.117. The monoisotopic (exact) mass is 355 g/mol. The fraction of sp³-hybridized carbons (Fsp3) is 0.850. The van der Waals surface area contributed by atoms with Crippen LogP contribution in [0.2, 0.25) is 0 Å². The van der Waals surface area contributed by atoms with Crippen LogP contribution in [0.1, 0.15) is 70.3 Å². The molecule has 2 amide bonds. The van der Waals surface area contributed by atoms with E-state index < -0.39 is 0 Å². The molecule has 26 heavy (non-hydrogen) atoms. The molecule has 0 spiro atoms. The van der Waals surface area contributed by atoms with Gasteiger partial charge < -0.3 is 10.2 Å². The van der Waals surface area contributed by atoms with Crippen LogP contribution in [0.5, 0.6) is 0 Å². The molecule has 6 bridgehead atoms. The van der Waals surface area contributed by atoms with Crippen molar-refractivity contribution < 1.29 is 4.79 Å². The van der Waals surface area contributed by atoms with E-state index in [1.165, 1.54) is 38.5 Å². The number of fused-ring (bicyclic) bond motifs is 2. The van der Waals surface area contributed by atoms with Crippen LogP contribution in [-0.2, 0) is 0 Å². The Labute approximate surface area is 154 Å². The molecule has 0 radical (unpaired) electrons. The Morgan fingerprint density at radius 1 is 0.846 bits per heavy atom. The highest BCUT2D eigenvalue weighted by atomic mass is 16.2. The number of hydrogen-bond donors (Lipinski definition) is 1. The van der Waals surface area contributed by atoms with Gasteiger partial charge in [0.05, 0.1) is 18.4 Å². The van der Waals surface area contributed by atoms with Gasteiger partial charge in [-0.05, 0) is 82.0 Å². The minimum Gasteiger partial charge on any atom is -0.333 e. The van der Waals surface area contributed by atoms with Crippen LogP contribution in [0.25, 0.3) is 0 Å². The Morgan fingerprint density at radius 3 is 1.92 bits per heavy atom. The normalized spacial score (nSPS) is 45.9. The molecule has 4 aliphatic carbocycles. The van der Waals surface area contributed by atoms with E-state index in [0.29, 0.717) is 18.1 Å². The summed E-state index contributed by atoms with van der Waals surface area (Å²) in [6.45, 7) is 0. The van der Waals surface area contributed by atoms with Crippen molar-refractivity contribution in [3.8, 4) is 0 Å². The Hall–Kier alpha value is -1.59. The first kappa shape index (κ1) is 15.5. The topological polar surface area (TPSA) is 63.1 Å². The number of aromatic nitrogens is 3. The Kier molecular flexibility index (Phi) is 3.25. The molecule has 4 saturated carbocycles. The summed E-state index contributed by atoms with van der Waals surface area (Å²) in [7, 11) is 0. The van der Waals surface area contributed by atoms with Gasteiger partial charge in [0.1, 0.15) is 0 Å². The van der Waals surface area contributed by atoms with E-state index in [-0.39, 0.29) is 11.6 Å². The predicted octanol–water partition coefficient (Wildman–Crippen LogP) is 3.12. The zero-order chi connectivity index (χ0) is 17.3. The Morgan fingerprint density at radius 2 is 1.38 bits per heavy atom. The van der Waals surface area contributed by atoms with Crippen molar-refractivity contribution in [3.63, 3.8) is 0 Å². The quantitative estimate of drug-likeness (QED) is 0.886. The molecule has 3 heterocycles. The molecule has 7 rings (SSSR count). The Bertz CT molecular complexity index is 652. The van der Waals surface area contributed by atoms with Gasteiger partial charge in [0.15, 0.2) is 0 Å². The van der Waals surface area contributed by atoms with E-state index in [4.69, 9.17) is 0 Å². The second kappa shape index (κ2) is 5.46. The van der Waals surface area contributed by atoms with E-state index in [2.05, 4.69) is 20.4 Å². The minimum absolute atomic E-state index is 0.117. The molecule has 6 fully saturated rings. The number of piperidine rings is 1. The second-order valence-electron chi connectivity index (χ2n) is 9.89. The van der Waals surface area contributed by atoms with Crippen LogP contribution >= 0.6 is 0 Å². The second-order valence-corrected chi connectivity index (χ2v) is 9.89. The molecule has 2 unspecified atom stereocenters. The van der Waals surface area contributed by atoms with Crippen molar-refractivity contribution in [2.45, 2.75) is 87.9 Å². The summed E-state index contributed by atoms with van der Waals surface area (Å²) in [5.74, 6) is 2.61. The van der Waals surface area contributed by atoms with Gasteiger partial charge in [0.2, 0.25) is 0 Å². The summed E-state index contributed by atoms with van der Waals surface area (Å²) >= 11 is 0. The lowest BCUT2D eigenvalue weighted by Crippen LogP contribution is -2.63. The van der Waals surface area contributed by atoms with Gasteiger partial charge in [0, 0.05) is 17.6 Å². The zero-order valence-corrected chi connectivity index (χ0v) is 15.4. The third-order valence-electron chi connectivity index (χ3n) is 8.12. The number of amides is 2. The maximum absolute atomic E-state index is 13.3. The van der Waals surface area contributed by atoms with Gasteiger partial charge in [-0.2, -0.15) is 15.0 Å². The van der Waals surface area contributed by atoms with Crippen LogP contribution in [0.4, 0.5) is 4.79 Å². The summed E-state index contributed by atoms with van der Waals surface area (Å²) in [6, 6.07) is 1.30. The molecule has 140 valence electrons. The highest BCUT2D eigenvalue weighted by Crippen LogP contribution is 2.55. The number of carbonyl (C=O) groups excluding carboxylic acids is 1. The summed E-state index contributed by atoms with van der Waals surface area (Å²) in [5, 5.41) is 12.3. The van der Waals surface area contributed by atoms with Crippen LogP contribution in [0, 0.1) is 17.8 Å². The standard InChI is InChI=1S/C20H29N5O/c26-19(23-20-10-13-5-14(11-20)7-15(6-13)12-20)24-16-1-2-17(24)9-18(8-16)25-21-3-4-22-25/h3-4,13-18H,1-2,5-12H2,(H,23,26). The van der Waals surface area contributed by atoms with Crippen molar-refractivity contribution in [1.82, 2.24) is 25.2 Å². The van der Waals surface area contributed by atoms with Gasteiger partial charge in [-0.15, -0.1) is 0 Å². The van der Waals surface area contributed by atoms with Crippen LogP contribution < -0.4 is 5.32 Å². The summed E-state index contributed by atoms with van der Waals surface area (Å²) in [6.07, 6.45) is 15.7. The van der Waals surface area contributed by atoms with Crippen LogP contribution in [0.15, 0.2) is 12.4 Å². The molecule has 0 aromatic carbocycles. The van der Waals surface area contributed by atoms with Crippen molar-refractivity contribution in [2.24, 2.45) is 17.8 Å². The summed E-state index contributed by atoms with van der Waals surface area (Å²) in [5.41, 5.74) is 0.117. The Balaban J connectivity index is 1.18. The van der Waals surface area contributed by atoms with Gasteiger partial charge in [-0.1, -0.05) is 0 Å². The van der Waals surface area contributed by atoms with Gasteiger partial charge in [-0.25, -0.2) is 4.79 Å². The van der Waals surface area contributed by atoms with Crippen LogP contribution in [0.3, 0.4) is 0 Å². The van der Waals surface area contributed by atoms with Gasteiger partial charge in [-0.3, -0.25) is 0 Å². The fourth-order valence-electron chi connectivity index (χ4n) is 7.64. The lowest BCUT2D eigenvalue weighted by molar-refractivity contribution is -0.0177. The maximum atomic E-state index is 13.3. The molecule has 2 aliphatic heterocycles. The molecule has 6 aliphatic rings. The van der Waals surface area contributed by atoms with Crippen molar-refractivity contribution in [2.75, 3.05) is 0 Å². The van der Waals surface area contributed by atoms with E-state index in [1.54, 1.807) is 12.4 Å². The highest BCUT2D eigenvalue weighted by Gasteiger charge is 2.53. The van der Waals surface area contributed by atoms with E-state index in [9.17, 15) is 4.79 Å². The summed E-state index contributed by atoms with van der Waals surface area (Å²) < 4.78 is 0. The van der Waals surface area contributed by atoms with Gasteiger partial charge in [0.25, 0.3) is 0 Å². The van der Waals surface area contributed by atoms with Gasteiger partial charge >= 0.3 is 6.03 Å². The third kappa shape index (κ3) is 2.33. The number of nitrogens with one attached hydrogen (secondary N) is 1. The first-order valence-electron chi connectivity index (χ1n) is 10.6. The molecule has 1 aromatic rings. The maximum Gasteiger partial charge on any atom is 0.318 e. The first-order valence-corrected chi connectivity index (χ1v) is 10.6. The van der Waals surface area contributed by atoms with E-state index >= 15 is 0 Å². The molecule has 1 aromatic heterocycles. The zero-order valence-electron chi connectivity index (χ0n) is 15.4. The number of carbonyl (C=O) groups is 1. The molecule has 6 heteroatoms. The number of hydrogen-bond acceptors (Lipinski definition) is 3. The number of rotatable bonds is 2. The van der Waals surface area contributed by atoms with Crippen molar-refractivity contribution in [1.29, 1.82) is 0 Å². The molecule has 6 nitrogen and oxygen atoms in total. The lowest BCUT2D eigenvalue weighted by Gasteiger charge is -2.57. The van der Waals surface area contributed by atoms with Crippen molar-refractivity contribution >= 4 is 6.03 Å². The van der Waals surface area contributed by atoms with Crippen molar-refractivity contribution in [3.05, 3.63) is 12.4 Å². The first-order chi connectivity index (χ1) is 12.7. The number of nitrogens with zero attached hydrogens (tertiary/aromatic N) is 4. The number of urea groups is 1. The average molecular weight is 355 g/mol. The van der Waals surface area contributed by atoms with E-state index in [0.717, 1.165) is 43.4 Å². The molecular weight excluding hydrogens is 326 g/mol. The molecule has 1 N–H and O–H groups in total.